The van der Waals surface area contributed by atoms with Crippen molar-refractivity contribution in [3.05, 3.63) is 52.1 Å². The van der Waals surface area contributed by atoms with Crippen LogP contribution in [0.1, 0.15) is 36.4 Å². The van der Waals surface area contributed by atoms with E-state index in [0.29, 0.717) is 24.4 Å². The molecule has 6 nitrogen and oxygen atoms in total. The molecule has 2 aromatic rings. The van der Waals surface area contributed by atoms with E-state index in [9.17, 15) is 13.5 Å². The van der Waals surface area contributed by atoms with E-state index >= 15 is 0 Å². The van der Waals surface area contributed by atoms with E-state index in [2.05, 4.69) is 31.7 Å². The fraction of sp³-hybridized carbons (Fsp3) is 0.471. The normalized spacial score (nSPS) is 23.9. The second kappa shape index (κ2) is 7.19. The predicted molar refractivity (Wildman–Crippen MR) is 97.6 cm³/mol. The van der Waals surface area contributed by atoms with Gasteiger partial charge >= 0.3 is 0 Å². The first-order valence-corrected chi connectivity index (χ1v) is 10.8. The Hall–Kier alpha value is -1.22. The maximum atomic E-state index is 11.6. The minimum absolute atomic E-state index is 0.147. The van der Waals surface area contributed by atoms with Crippen molar-refractivity contribution < 1.29 is 17.9 Å². The molecule has 1 fully saturated rings. The maximum absolute atomic E-state index is 11.6. The molecule has 2 atom stereocenters. The van der Waals surface area contributed by atoms with Gasteiger partial charge in [-0.2, -0.15) is 0 Å². The molecule has 0 radical (unpaired) electrons. The van der Waals surface area contributed by atoms with Gasteiger partial charge < -0.3 is 9.52 Å². The first-order valence-electron chi connectivity index (χ1n) is 8.07. The van der Waals surface area contributed by atoms with Crippen LogP contribution >= 0.6 is 15.9 Å². The summed E-state index contributed by atoms with van der Waals surface area (Å²) in [5.74, 6) is 0.564. The Labute approximate surface area is 155 Å². The first kappa shape index (κ1) is 18.6. The molecule has 8 heteroatoms. The number of aromatic nitrogens is 1. The molecule has 1 saturated carbocycles. The fourth-order valence-corrected chi connectivity index (χ4v) is 4.87. The molecule has 0 spiro atoms. The van der Waals surface area contributed by atoms with Crippen molar-refractivity contribution in [2.75, 3.05) is 6.26 Å². The van der Waals surface area contributed by atoms with Crippen molar-refractivity contribution in [1.82, 2.24) is 9.71 Å². The summed E-state index contributed by atoms with van der Waals surface area (Å²) in [4.78, 5) is 4.43. The largest absolute Gasteiger partial charge is 0.448 e. The number of aliphatic hydroxyl groups excluding tert-OH is 1. The number of halogens is 1. The zero-order valence-corrected chi connectivity index (χ0v) is 16.3. The average molecular weight is 429 g/mol. The van der Waals surface area contributed by atoms with E-state index in [-0.39, 0.29) is 12.6 Å². The molecule has 1 aliphatic rings. The van der Waals surface area contributed by atoms with Gasteiger partial charge in [0.15, 0.2) is 0 Å². The number of nitrogens with one attached hydrogen (secondary N) is 1. The third-order valence-corrected chi connectivity index (χ3v) is 5.84. The van der Waals surface area contributed by atoms with Crippen molar-refractivity contribution in [3.8, 4) is 0 Å². The Morgan fingerprint density at radius 2 is 2.28 bits per heavy atom. The lowest BCUT2D eigenvalue weighted by Gasteiger charge is -2.26. The molecule has 0 saturated heterocycles. The third-order valence-electron chi connectivity index (χ3n) is 4.59. The smallest absolute Gasteiger partial charge is 0.208 e. The summed E-state index contributed by atoms with van der Waals surface area (Å²) in [5.41, 5.74) is 1.22. The van der Waals surface area contributed by atoms with Crippen LogP contribution in [0.2, 0.25) is 0 Å². The van der Waals surface area contributed by atoms with E-state index in [1.165, 1.54) is 12.5 Å². The quantitative estimate of drug-likeness (QED) is 0.736. The number of aliphatic hydroxyl groups is 1. The number of hydrogen-bond donors (Lipinski definition) is 2. The Balaban J connectivity index is 1.92. The van der Waals surface area contributed by atoms with Gasteiger partial charge in [-0.05, 0) is 43.4 Å². The van der Waals surface area contributed by atoms with Gasteiger partial charge in [-0.15, -0.1) is 0 Å². The second-order valence-corrected chi connectivity index (χ2v) is 9.41. The lowest BCUT2D eigenvalue weighted by atomic mass is 9.79. The standard InChI is InChI=1S/C17H21BrN2O4S/c1-25(22,23)20-14-5-6-17(9-14,16-19-15(10-21)11-24-16)8-12-3-2-4-13(18)7-12/h2-4,7,11,14,20-21H,5-6,8-10H2,1H3/t14-,17+/m0/s1. The summed E-state index contributed by atoms with van der Waals surface area (Å²) in [7, 11) is -3.27. The summed E-state index contributed by atoms with van der Waals surface area (Å²) >= 11 is 3.49. The van der Waals surface area contributed by atoms with Crippen LogP contribution in [0, 0.1) is 0 Å². The van der Waals surface area contributed by atoms with Crippen LogP contribution < -0.4 is 4.72 Å². The molecule has 1 heterocycles. The molecule has 1 aromatic carbocycles. The molecule has 0 amide bonds. The molecular formula is C17H21BrN2O4S. The lowest BCUT2D eigenvalue weighted by Crippen LogP contribution is -2.35. The van der Waals surface area contributed by atoms with Gasteiger partial charge in [0.2, 0.25) is 15.9 Å². The van der Waals surface area contributed by atoms with Gasteiger partial charge in [0, 0.05) is 10.5 Å². The minimum atomic E-state index is -3.27. The van der Waals surface area contributed by atoms with Crippen LogP contribution in [0.3, 0.4) is 0 Å². The SMILES string of the molecule is CS(=O)(=O)N[C@H]1CC[C@](Cc2cccc(Br)c2)(c2nc(CO)co2)C1. The molecule has 1 aromatic heterocycles. The van der Waals surface area contributed by atoms with Crippen LogP contribution in [0.25, 0.3) is 0 Å². The Kier molecular flexibility index (Phi) is 5.34. The predicted octanol–water partition coefficient (Wildman–Crippen LogP) is 2.51. The van der Waals surface area contributed by atoms with Crippen molar-refractivity contribution in [3.63, 3.8) is 0 Å². The van der Waals surface area contributed by atoms with Gasteiger partial charge in [0.1, 0.15) is 12.0 Å². The summed E-state index contributed by atoms with van der Waals surface area (Å²) < 4.78 is 32.6. The highest BCUT2D eigenvalue weighted by Gasteiger charge is 2.45. The van der Waals surface area contributed by atoms with Crippen LogP contribution in [0.5, 0.6) is 0 Å². The van der Waals surface area contributed by atoms with Crippen molar-refractivity contribution >= 4 is 26.0 Å². The van der Waals surface area contributed by atoms with Crippen LogP contribution in [0.4, 0.5) is 0 Å². The number of nitrogens with zero attached hydrogens (tertiary/aromatic N) is 1. The summed E-state index contributed by atoms with van der Waals surface area (Å²) in [6, 6.07) is 7.89. The summed E-state index contributed by atoms with van der Waals surface area (Å²) in [6.45, 7) is -0.179. The number of oxazole rings is 1. The van der Waals surface area contributed by atoms with Crippen LogP contribution in [0.15, 0.2) is 39.4 Å². The van der Waals surface area contributed by atoms with E-state index in [4.69, 9.17) is 4.42 Å². The molecule has 2 N–H and O–H groups in total. The Bertz CT molecular complexity index is 852. The van der Waals surface area contributed by atoms with Gasteiger partial charge in [-0.25, -0.2) is 18.1 Å². The molecule has 25 heavy (non-hydrogen) atoms. The van der Waals surface area contributed by atoms with Crippen LogP contribution in [-0.4, -0.2) is 30.8 Å². The molecule has 1 aliphatic carbocycles. The first-order chi connectivity index (χ1) is 11.8. The van der Waals surface area contributed by atoms with Gasteiger partial charge in [0.25, 0.3) is 0 Å². The van der Waals surface area contributed by atoms with Crippen LogP contribution in [-0.2, 0) is 28.5 Å². The van der Waals surface area contributed by atoms with Crippen molar-refractivity contribution in [2.24, 2.45) is 0 Å². The maximum Gasteiger partial charge on any atom is 0.208 e. The topological polar surface area (TPSA) is 92.4 Å². The van der Waals surface area contributed by atoms with E-state index in [1.54, 1.807) is 0 Å². The third kappa shape index (κ3) is 4.49. The van der Waals surface area contributed by atoms with Crippen molar-refractivity contribution in [1.29, 1.82) is 0 Å². The molecule has 0 unspecified atom stereocenters. The summed E-state index contributed by atoms with van der Waals surface area (Å²) in [6.07, 6.45) is 5.43. The number of sulfonamides is 1. The molecule has 0 aliphatic heterocycles. The van der Waals surface area contributed by atoms with Gasteiger partial charge in [-0.3, -0.25) is 0 Å². The second-order valence-electron chi connectivity index (χ2n) is 6.72. The molecular weight excluding hydrogens is 408 g/mol. The molecule has 3 rings (SSSR count). The average Bonchev–Trinajstić information content (AvgIpc) is 3.14. The van der Waals surface area contributed by atoms with E-state index < -0.39 is 15.4 Å². The van der Waals surface area contributed by atoms with Gasteiger partial charge in [0.05, 0.1) is 18.3 Å². The fourth-order valence-electron chi connectivity index (χ4n) is 3.62. The zero-order chi connectivity index (χ0) is 18.1. The molecule has 0 bridgehead atoms. The van der Waals surface area contributed by atoms with Crippen molar-refractivity contribution in [2.45, 2.75) is 43.7 Å². The van der Waals surface area contributed by atoms with Gasteiger partial charge in [-0.1, -0.05) is 28.1 Å². The monoisotopic (exact) mass is 428 g/mol. The zero-order valence-electron chi connectivity index (χ0n) is 13.9. The van der Waals surface area contributed by atoms with E-state index in [0.717, 1.165) is 22.9 Å². The summed E-state index contributed by atoms with van der Waals surface area (Å²) in [5, 5.41) is 9.29. The number of benzene rings is 1. The number of hydrogen-bond acceptors (Lipinski definition) is 5. The highest BCUT2D eigenvalue weighted by atomic mass is 79.9. The molecule has 136 valence electrons. The number of rotatable bonds is 6. The lowest BCUT2D eigenvalue weighted by molar-refractivity contribution is 0.276. The Morgan fingerprint density at radius 3 is 2.92 bits per heavy atom. The highest BCUT2D eigenvalue weighted by molar-refractivity contribution is 9.10. The Morgan fingerprint density at radius 1 is 1.48 bits per heavy atom. The highest BCUT2D eigenvalue weighted by Crippen LogP contribution is 2.43. The minimum Gasteiger partial charge on any atom is -0.448 e. The van der Waals surface area contributed by atoms with E-state index in [1.807, 2.05) is 18.2 Å².